The average molecular weight is 348 g/mol. The Hall–Kier alpha value is -1.82. The van der Waals surface area contributed by atoms with E-state index < -0.39 is 0 Å². The minimum Gasteiger partial charge on any atom is -0.380 e. The van der Waals surface area contributed by atoms with Gasteiger partial charge in [-0.05, 0) is 38.0 Å². The van der Waals surface area contributed by atoms with Crippen LogP contribution in [0, 0.1) is 11.2 Å². The van der Waals surface area contributed by atoms with E-state index in [2.05, 4.69) is 29.4 Å². The quantitative estimate of drug-likeness (QED) is 0.634. The highest BCUT2D eigenvalue weighted by atomic mass is 19.1. The number of ether oxygens (including phenoxy) is 1. The van der Waals surface area contributed by atoms with Crippen molar-refractivity contribution in [1.29, 1.82) is 0 Å². The molecule has 0 radical (unpaired) electrons. The maximum atomic E-state index is 13.5. The van der Waals surface area contributed by atoms with E-state index in [1.165, 1.54) is 6.07 Å². The molecule has 1 unspecified atom stereocenters. The first-order chi connectivity index (χ1) is 12.1. The number of halogens is 1. The van der Waals surface area contributed by atoms with Crippen LogP contribution in [0.1, 0.15) is 26.7 Å². The molecule has 2 aliphatic rings. The smallest absolute Gasteiger partial charge is 0.191 e. The number of anilines is 1. The molecule has 0 bridgehead atoms. The van der Waals surface area contributed by atoms with Crippen LogP contribution in [0.15, 0.2) is 29.3 Å². The van der Waals surface area contributed by atoms with Crippen molar-refractivity contribution in [3.8, 4) is 0 Å². The Balaban J connectivity index is 1.60. The molecular weight excluding hydrogens is 319 g/mol. The fourth-order valence-electron chi connectivity index (χ4n) is 3.33. The molecule has 138 valence electrons. The lowest BCUT2D eigenvalue weighted by Gasteiger charge is -2.37. The fraction of sp³-hybridized carbons (Fsp3) is 0.632. The van der Waals surface area contributed by atoms with Gasteiger partial charge in [-0.3, -0.25) is 4.99 Å². The van der Waals surface area contributed by atoms with Crippen molar-refractivity contribution < 1.29 is 9.13 Å². The molecule has 1 aromatic carbocycles. The standard InChI is InChI=1S/C19H29FN4O/c1-3-21-18(22-12-19(2)13-25-14-19)23-16-7-5-9-24(11-16)17-8-4-6-15(20)10-17/h4,6,8,10,16H,3,5,7,9,11-14H2,1-2H3,(H2,21,22,23). The van der Waals surface area contributed by atoms with Gasteiger partial charge in [0.05, 0.1) is 19.8 Å². The second-order valence-electron chi connectivity index (χ2n) is 7.41. The molecule has 2 aliphatic heterocycles. The number of guanidine groups is 1. The molecule has 6 heteroatoms. The maximum Gasteiger partial charge on any atom is 0.191 e. The zero-order valence-electron chi connectivity index (χ0n) is 15.2. The van der Waals surface area contributed by atoms with Crippen LogP contribution in [-0.4, -0.2) is 51.4 Å². The Morgan fingerprint density at radius 1 is 1.44 bits per heavy atom. The maximum absolute atomic E-state index is 13.5. The number of rotatable bonds is 5. The molecule has 1 atom stereocenters. The Morgan fingerprint density at radius 3 is 2.96 bits per heavy atom. The second-order valence-corrected chi connectivity index (χ2v) is 7.41. The molecular formula is C19H29FN4O. The van der Waals surface area contributed by atoms with E-state index in [-0.39, 0.29) is 11.2 Å². The molecule has 25 heavy (non-hydrogen) atoms. The Kier molecular flexibility index (Phi) is 5.78. The zero-order valence-corrected chi connectivity index (χ0v) is 15.2. The molecule has 0 aliphatic carbocycles. The summed E-state index contributed by atoms with van der Waals surface area (Å²) in [4.78, 5) is 6.99. The predicted molar refractivity (Wildman–Crippen MR) is 99.7 cm³/mol. The van der Waals surface area contributed by atoms with Gasteiger partial charge in [0.15, 0.2) is 5.96 Å². The summed E-state index contributed by atoms with van der Waals surface area (Å²) >= 11 is 0. The summed E-state index contributed by atoms with van der Waals surface area (Å²) < 4.78 is 18.8. The highest BCUT2D eigenvalue weighted by molar-refractivity contribution is 5.80. The molecule has 5 nitrogen and oxygen atoms in total. The van der Waals surface area contributed by atoms with Gasteiger partial charge in [0.25, 0.3) is 0 Å². The van der Waals surface area contributed by atoms with Gasteiger partial charge in [0.1, 0.15) is 5.82 Å². The van der Waals surface area contributed by atoms with Gasteiger partial charge < -0.3 is 20.3 Å². The van der Waals surface area contributed by atoms with Crippen molar-refractivity contribution in [1.82, 2.24) is 10.6 Å². The molecule has 1 aromatic rings. The third kappa shape index (κ3) is 4.84. The third-order valence-electron chi connectivity index (χ3n) is 4.80. The highest BCUT2D eigenvalue weighted by Crippen LogP contribution is 2.26. The normalized spacial score (nSPS) is 23.1. The fourth-order valence-corrected chi connectivity index (χ4v) is 3.33. The van der Waals surface area contributed by atoms with Crippen molar-refractivity contribution >= 4 is 11.6 Å². The molecule has 3 rings (SSSR count). The largest absolute Gasteiger partial charge is 0.380 e. The van der Waals surface area contributed by atoms with E-state index in [4.69, 9.17) is 9.73 Å². The van der Waals surface area contributed by atoms with Gasteiger partial charge in [-0.2, -0.15) is 0 Å². The number of hydrogen-bond acceptors (Lipinski definition) is 3. The van der Waals surface area contributed by atoms with Crippen LogP contribution < -0.4 is 15.5 Å². The monoisotopic (exact) mass is 348 g/mol. The lowest BCUT2D eigenvalue weighted by molar-refractivity contribution is -0.0945. The zero-order chi connectivity index (χ0) is 17.7. The van der Waals surface area contributed by atoms with Crippen molar-refractivity contribution in [3.63, 3.8) is 0 Å². The van der Waals surface area contributed by atoms with E-state index in [1.54, 1.807) is 12.1 Å². The summed E-state index contributed by atoms with van der Waals surface area (Å²) in [6, 6.07) is 7.15. The highest BCUT2D eigenvalue weighted by Gasteiger charge is 2.33. The number of benzene rings is 1. The molecule has 2 heterocycles. The van der Waals surface area contributed by atoms with Crippen LogP contribution in [0.25, 0.3) is 0 Å². The average Bonchev–Trinajstić information content (AvgIpc) is 2.58. The molecule has 0 spiro atoms. The predicted octanol–water partition coefficient (Wildman–Crippen LogP) is 2.39. The van der Waals surface area contributed by atoms with Gasteiger partial charge in [-0.1, -0.05) is 13.0 Å². The topological polar surface area (TPSA) is 48.9 Å². The first kappa shape index (κ1) is 18.0. The van der Waals surface area contributed by atoms with Crippen molar-refractivity contribution in [2.24, 2.45) is 10.4 Å². The van der Waals surface area contributed by atoms with Crippen LogP contribution in [-0.2, 0) is 4.74 Å². The lowest BCUT2D eigenvalue weighted by Crippen LogP contribution is -2.52. The number of nitrogens with zero attached hydrogens (tertiary/aromatic N) is 2. The van der Waals surface area contributed by atoms with Crippen LogP contribution in [0.4, 0.5) is 10.1 Å². The van der Waals surface area contributed by atoms with Crippen LogP contribution in [0.5, 0.6) is 0 Å². The molecule has 0 aromatic heterocycles. The SMILES string of the molecule is CCNC(=NCC1(C)COC1)NC1CCCN(c2cccc(F)c2)C1. The van der Waals surface area contributed by atoms with Crippen molar-refractivity contribution in [3.05, 3.63) is 30.1 Å². The van der Waals surface area contributed by atoms with E-state index in [9.17, 15) is 4.39 Å². The first-order valence-corrected chi connectivity index (χ1v) is 9.21. The number of piperidine rings is 1. The Morgan fingerprint density at radius 2 is 2.28 bits per heavy atom. The van der Waals surface area contributed by atoms with Gasteiger partial charge in [0, 0.05) is 36.8 Å². The molecule has 0 amide bonds. The van der Waals surface area contributed by atoms with E-state index in [0.29, 0.717) is 6.04 Å². The van der Waals surface area contributed by atoms with Crippen LogP contribution >= 0.6 is 0 Å². The number of hydrogen-bond donors (Lipinski definition) is 2. The molecule has 2 saturated heterocycles. The number of nitrogens with one attached hydrogen (secondary N) is 2. The number of aliphatic imine (C=N–C) groups is 1. The summed E-state index contributed by atoms with van der Waals surface area (Å²) in [5.74, 6) is 0.681. The van der Waals surface area contributed by atoms with Gasteiger partial charge in [-0.25, -0.2) is 4.39 Å². The Bertz CT molecular complexity index is 603. The Labute approximate surface area is 149 Å². The van der Waals surface area contributed by atoms with Crippen LogP contribution in [0.3, 0.4) is 0 Å². The first-order valence-electron chi connectivity index (χ1n) is 9.21. The minimum absolute atomic E-state index is 0.169. The summed E-state index contributed by atoms with van der Waals surface area (Å²) in [5, 5.41) is 6.89. The minimum atomic E-state index is -0.182. The third-order valence-corrected chi connectivity index (χ3v) is 4.80. The second kappa shape index (κ2) is 8.04. The summed E-state index contributed by atoms with van der Waals surface area (Å²) in [5.41, 5.74) is 1.12. The van der Waals surface area contributed by atoms with Crippen LogP contribution in [0.2, 0.25) is 0 Å². The van der Waals surface area contributed by atoms with Gasteiger partial charge in [0.2, 0.25) is 0 Å². The van der Waals surface area contributed by atoms with Gasteiger partial charge in [-0.15, -0.1) is 0 Å². The summed E-state index contributed by atoms with van der Waals surface area (Å²) in [6.07, 6.45) is 2.18. The summed E-state index contributed by atoms with van der Waals surface area (Å²) in [7, 11) is 0. The van der Waals surface area contributed by atoms with Gasteiger partial charge >= 0.3 is 0 Å². The van der Waals surface area contributed by atoms with Crippen molar-refractivity contribution in [2.45, 2.75) is 32.7 Å². The molecule has 2 fully saturated rings. The molecule has 0 saturated carbocycles. The lowest BCUT2D eigenvalue weighted by atomic mass is 9.89. The van der Waals surface area contributed by atoms with E-state index >= 15 is 0 Å². The van der Waals surface area contributed by atoms with Crippen molar-refractivity contribution in [2.75, 3.05) is 44.3 Å². The van der Waals surface area contributed by atoms with E-state index in [1.807, 2.05) is 6.07 Å². The molecule has 2 N–H and O–H groups in total. The summed E-state index contributed by atoms with van der Waals surface area (Å²) in [6.45, 7) is 9.27. The van der Waals surface area contributed by atoms with E-state index in [0.717, 1.165) is 63.9 Å².